The summed E-state index contributed by atoms with van der Waals surface area (Å²) in [5, 5.41) is 40.0. The van der Waals surface area contributed by atoms with Crippen molar-refractivity contribution >= 4 is 11.9 Å². The van der Waals surface area contributed by atoms with Crippen LogP contribution in [0.25, 0.3) is 0 Å². The molecule has 0 aromatic carbocycles. The van der Waals surface area contributed by atoms with E-state index in [-0.39, 0.29) is 0 Å². The Bertz CT molecular complexity index is 491. The number of carbonyl (C=O) groups excluding carboxylic acids is 2. The van der Waals surface area contributed by atoms with E-state index in [0.717, 1.165) is 7.11 Å². The molecule has 0 spiro atoms. The molecule has 0 aliphatic carbocycles. The zero-order valence-corrected chi connectivity index (χ0v) is 12.2. The van der Waals surface area contributed by atoms with E-state index in [4.69, 9.17) is 14.2 Å². The summed E-state index contributed by atoms with van der Waals surface area (Å²) in [4.78, 5) is 22.9. The van der Waals surface area contributed by atoms with Gasteiger partial charge in [0.2, 0.25) is 0 Å². The Labute approximate surface area is 131 Å². The molecule has 1 rings (SSSR count). The van der Waals surface area contributed by atoms with Crippen molar-refractivity contribution in [2.45, 2.75) is 30.1 Å². The standard InChI is InChI=1S/C13H18O10/c1-4-7(15)21-12(6-14)13(19,22-8(16)5-2)10(18)9(17)11(20-3)23-12/h4-5,9-11,14,17-19H,1-2,6H2,3H3/t9-,10+,11-,12?,13+/m0/s1. The van der Waals surface area contributed by atoms with Gasteiger partial charge in [-0.3, -0.25) is 0 Å². The molecule has 0 saturated carbocycles. The van der Waals surface area contributed by atoms with Crippen molar-refractivity contribution in [2.75, 3.05) is 13.7 Å². The highest BCUT2D eigenvalue weighted by Gasteiger charge is 2.70. The number of hydrogen-bond donors (Lipinski definition) is 4. The third kappa shape index (κ3) is 3.27. The van der Waals surface area contributed by atoms with Crippen molar-refractivity contribution in [3.8, 4) is 0 Å². The Morgan fingerprint density at radius 3 is 2.17 bits per heavy atom. The van der Waals surface area contributed by atoms with E-state index in [1.165, 1.54) is 0 Å². The molecule has 1 unspecified atom stereocenters. The second kappa shape index (κ2) is 7.17. The zero-order chi connectivity index (χ0) is 17.8. The Morgan fingerprint density at radius 1 is 1.22 bits per heavy atom. The first kappa shape index (κ1) is 19.2. The summed E-state index contributed by atoms with van der Waals surface area (Å²) in [5.74, 6) is -8.35. The van der Waals surface area contributed by atoms with Gasteiger partial charge in [0.25, 0.3) is 0 Å². The number of carbonyl (C=O) groups is 2. The number of aliphatic hydroxyl groups excluding tert-OH is 3. The van der Waals surface area contributed by atoms with Gasteiger partial charge < -0.3 is 39.4 Å². The van der Waals surface area contributed by atoms with Gasteiger partial charge in [0.1, 0.15) is 12.7 Å². The highest BCUT2D eigenvalue weighted by Crippen LogP contribution is 2.40. The minimum Gasteiger partial charge on any atom is -0.420 e. The minimum atomic E-state index is -3.15. The highest BCUT2D eigenvalue weighted by molar-refractivity contribution is 5.82. The molecule has 1 fully saturated rings. The first-order valence-corrected chi connectivity index (χ1v) is 6.32. The van der Waals surface area contributed by atoms with Crippen molar-refractivity contribution in [1.82, 2.24) is 0 Å². The lowest BCUT2D eigenvalue weighted by Crippen LogP contribution is -2.76. The molecule has 10 heteroatoms. The lowest BCUT2D eigenvalue weighted by Gasteiger charge is -2.51. The van der Waals surface area contributed by atoms with Crippen LogP contribution < -0.4 is 0 Å². The molecule has 0 aromatic heterocycles. The molecule has 1 saturated heterocycles. The maximum Gasteiger partial charge on any atom is 0.333 e. The third-order valence-corrected chi connectivity index (χ3v) is 3.15. The van der Waals surface area contributed by atoms with Gasteiger partial charge in [-0.05, 0) is 0 Å². The van der Waals surface area contributed by atoms with E-state index >= 15 is 0 Å². The van der Waals surface area contributed by atoms with Gasteiger partial charge in [-0.15, -0.1) is 0 Å². The van der Waals surface area contributed by atoms with E-state index in [1.807, 2.05) is 0 Å². The molecular weight excluding hydrogens is 316 g/mol. The lowest BCUT2D eigenvalue weighted by atomic mass is 9.91. The maximum atomic E-state index is 11.5. The highest BCUT2D eigenvalue weighted by atomic mass is 16.8. The molecule has 0 amide bonds. The molecule has 1 heterocycles. The van der Waals surface area contributed by atoms with E-state index in [2.05, 4.69) is 17.9 Å². The topological polar surface area (TPSA) is 152 Å². The normalized spacial score (nSPS) is 36.8. The summed E-state index contributed by atoms with van der Waals surface area (Å²) >= 11 is 0. The monoisotopic (exact) mass is 334 g/mol. The van der Waals surface area contributed by atoms with E-state index in [0.29, 0.717) is 12.2 Å². The van der Waals surface area contributed by atoms with Crippen LogP contribution in [0.1, 0.15) is 0 Å². The van der Waals surface area contributed by atoms with Crippen molar-refractivity contribution in [2.24, 2.45) is 0 Å². The van der Waals surface area contributed by atoms with Crippen molar-refractivity contribution in [3.63, 3.8) is 0 Å². The van der Waals surface area contributed by atoms with Crippen LogP contribution in [0, 0.1) is 0 Å². The molecule has 5 atom stereocenters. The first-order valence-electron chi connectivity index (χ1n) is 6.32. The maximum absolute atomic E-state index is 11.5. The Morgan fingerprint density at radius 2 is 1.74 bits per heavy atom. The molecule has 0 bridgehead atoms. The number of rotatable bonds is 6. The Hall–Kier alpha value is -1.82. The van der Waals surface area contributed by atoms with Gasteiger partial charge in [0.05, 0.1) is 0 Å². The van der Waals surface area contributed by atoms with Crippen LogP contribution in [0.2, 0.25) is 0 Å². The Kier molecular flexibility index (Phi) is 5.99. The second-order valence-corrected chi connectivity index (χ2v) is 4.52. The van der Waals surface area contributed by atoms with Crippen LogP contribution in [0.5, 0.6) is 0 Å². The third-order valence-electron chi connectivity index (χ3n) is 3.15. The van der Waals surface area contributed by atoms with E-state index < -0.39 is 48.6 Å². The van der Waals surface area contributed by atoms with Crippen LogP contribution in [0.15, 0.2) is 25.3 Å². The average Bonchev–Trinajstić information content (AvgIpc) is 2.55. The van der Waals surface area contributed by atoms with Gasteiger partial charge in [-0.25, -0.2) is 9.59 Å². The van der Waals surface area contributed by atoms with Crippen molar-refractivity contribution in [1.29, 1.82) is 0 Å². The first-order chi connectivity index (χ1) is 10.7. The number of esters is 2. The second-order valence-electron chi connectivity index (χ2n) is 4.52. The van der Waals surface area contributed by atoms with Crippen LogP contribution in [0.3, 0.4) is 0 Å². The fourth-order valence-corrected chi connectivity index (χ4v) is 1.95. The minimum absolute atomic E-state index is 0.636. The molecule has 1 aliphatic heterocycles. The van der Waals surface area contributed by atoms with Crippen LogP contribution in [0.4, 0.5) is 0 Å². The summed E-state index contributed by atoms with van der Waals surface area (Å²) in [6, 6.07) is 0. The quantitative estimate of drug-likeness (QED) is 0.234. The summed E-state index contributed by atoms with van der Waals surface area (Å²) in [5.41, 5.74) is 0. The summed E-state index contributed by atoms with van der Waals surface area (Å²) in [6.07, 6.45) is -4.45. The molecule has 10 nitrogen and oxygen atoms in total. The molecule has 4 N–H and O–H groups in total. The van der Waals surface area contributed by atoms with Gasteiger partial charge in [0, 0.05) is 19.3 Å². The number of methoxy groups -OCH3 is 1. The van der Waals surface area contributed by atoms with Crippen LogP contribution in [-0.2, 0) is 28.5 Å². The number of hydrogen-bond acceptors (Lipinski definition) is 10. The van der Waals surface area contributed by atoms with Gasteiger partial charge in [-0.2, -0.15) is 0 Å². The van der Waals surface area contributed by atoms with Gasteiger partial charge in [-0.1, -0.05) is 13.2 Å². The van der Waals surface area contributed by atoms with Crippen molar-refractivity contribution in [3.05, 3.63) is 25.3 Å². The zero-order valence-electron chi connectivity index (χ0n) is 12.2. The fraction of sp³-hybridized carbons (Fsp3) is 0.538. The predicted molar refractivity (Wildman–Crippen MR) is 71.2 cm³/mol. The van der Waals surface area contributed by atoms with Crippen LogP contribution >= 0.6 is 0 Å². The van der Waals surface area contributed by atoms with Crippen molar-refractivity contribution < 1.29 is 49.0 Å². The largest absolute Gasteiger partial charge is 0.420 e. The molecular formula is C13H18O10. The van der Waals surface area contributed by atoms with Gasteiger partial charge in [0.15, 0.2) is 12.4 Å². The summed E-state index contributed by atoms with van der Waals surface area (Å²) < 4.78 is 19.1. The molecule has 0 aromatic rings. The number of ether oxygens (including phenoxy) is 4. The molecule has 23 heavy (non-hydrogen) atoms. The summed E-state index contributed by atoms with van der Waals surface area (Å²) in [7, 11) is 1.08. The van der Waals surface area contributed by atoms with Gasteiger partial charge >= 0.3 is 23.5 Å². The number of aliphatic hydroxyl groups is 4. The SMILES string of the molecule is C=CC(=O)OC1(CO)O[C@H](OC)[C@@H](O)[C@@H](O)[C@@]1(O)OC(=O)C=C. The summed E-state index contributed by atoms with van der Waals surface area (Å²) in [6.45, 7) is 4.98. The Balaban J connectivity index is 3.40. The predicted octanol–water partition coefficient (Wildman–Crippen LogP) is -2.45. The lowest BCUT2D eigenvalue weighted by molar-refractivity contribution is -0.470. The van der Waals surface area contributed by atoms with E-state index in [1.54, 1.807) is 0 Å². The fourth-order valence-electron chi connectivity index (χ4n) is 1.95. The molecule has 1 aliphatic rings. The average molecular weight is 334 g/mol. The smallest absolute Gasteiger partial charge is 0.333 e. The molecule has 130 valence electrons. The van der Waals surface area contributed by atoms with Crippen LogP contribution in [-0.4, -0.2) is 76.2 Å². The molecule has 0 radical (unpaired) electrons. The van der Waals surface area contributed by atoms with E-state index in [9.17, 15) is 30.0 Å².